The number of carbonyl (C=O) groups excluding carboxylic acids is 1. The molecule has 0 spiro atoms. The summed E-state index contributed by atoms with van der Waals surface area (Å²) < 4.78 is 11.0. The maximum absolute atomic E-state index is 12.0. The van der Waals surface area contributed by atoms with Crippen LogP contribution in [0.2, 0.25) is 0 Å². The molecular formula is C12H19ClN2O3. The molecule has 0 saturated carbocycles. The summed E-state index contributed by atoms with van der Waals surface area (Å²) in [6.07, 6.45) is 0. The Labute approximate surface area is 113 Å². The third kappa shape index (κ3) is 3.04. The maximum atomic E-state index is 12.0. The number of amides is 1. The summed E-state index contributed by atoms with van der Waals surface area (Å²) in [4.78, 5) is 13.7. The van der Waals surface area contributed by atoms with Crippen LogP contribution in [0, 0.1) is 6.92 Å². The minimum atomic E-state index is -0.494. The number of hydrogen-bond acceptors (Lipinski definition) is 4. The van der Waals surface area contributed by atoms with E-state index >= 15 is 0 Å². The molecule has 2 rings (SSSR count). The topological polar surface area (TPSA) is 68.7 Å². The van der Waals surface area contributed by atoms with Crippen LogP contribution in [0.5, 0.6) is 0 Å². The van der Waals surface area contributed by atoms with Gasteiger partial charge in [-0.3, -0.25) is 4.79 Å². The fourth-order valence-corrected chi connectivity index (χ4v) is 2.00. The van der Waals surface area contributed by atoms with E-state index in [-0.39, 0.29) is 24.4 Å². The average molecular weight is 275 g/mol. The van der Waals surface area contributed by atoms with Crippen molar-refractivity contribution in [2.24, 2.45) is 5.73 Å². The average Bonchev–Trinajstić information content (AvgIpc) is 2.74. The second-order valence-electron chi connectivity index (χ2n) is 4.36. The molecule has 5 nitrogen and oxygen atoms in total. The standard InChI is InChI=1S/C12H18N2O3.ClH/c1-8-3-4-11(17-8)10-7-16-6-5-14(10)12(15)9(2)13;/h3-4,9-10H,5-7,13H2,1-2H3;1H. The predicted molar refractivity (Wildman–Crippen MR) is 69.6 cm³/mol. The number of carbonyl (C=O) groups is 1. The van der Waals surface area contributed by atoms with Gasteiger partial charge < -0.3 is 19.8 Å². The minimum Gasteiger partial charge on any atom is -0.464 e. The number of ether oxygens (including phenoxy) is 1. The highest BCUT2D eigenvalue weighted by atomic mass is 35.5. The Morgan fingerprint density at radius 2 is 2.28 bits per heavy atom. The molecule has 0 bridgehead atoms. The molecule has 0 aromatic carbocycles. The number of nitrogens with zero attached hydrogens (tertiary/aromatic N) is 1. The molecule has 1 aromatic rings. The third-order valence-corrected chi connectivity index (χ3v) is 2.89. The van der Waals surface area contributed by atoms with E-state index in [0.29, 0.717) is 19.8 Å². The number of morpholine rings is 1. The monoisotopic (exact) mass is 274 g/mol. The minimum absolute atomic E-state index is 0. The quantitative estimate of drug-likeness (QED) is 0.881. The Balaban J connectivity index is 0.00000162. The van der Waals surface area contributed by atoms with Crippen LogP contribution in [-0.2, 0) is 9.53 Å². The van der Waals surface area contributed by atoms with Gasteiger partial charge in [0, 0.05) is 6.54 Å². The van der Waals surface area contributed by atoms with Gasteiger partial charge in [-0.2, -0.15) is 0 Å². The molecule has 2 heterocycles. The summed E-state index contributed by atoms with van der Waals surface area (Å²) in [6, 6.07) is 3.12. The van der Waals surface area contributed by atoms with Gasteiger partial charge in [-0.05, 0) is 26.0 Å². The molecular weight excluding hydrogens is 256 g/mol. The van der Waals surface area contributed by atoms with Crippen molar-refractivity contribution in [3.8, 4) is 0 Å². The van der Waals surface area contributed by atoms with Gasteiger partial charge >= 0.3 is 0 Å². The number of nitrogens with two attached hydrogens (primary N) is 1. The fraction of sp³-hybridized carbons (Fsp3) is 0.583. The van der Waals surface area contributed by atoms with Crippen molar-refractivity contribution in [3.63, 3.8) is 0 Å². The number of halogens is 1. The smallest absolute Gasteiger partial charge is 0.239 e. The number of hydrogen-bond donors (Lipinski definition) is 1. The molecule has 1 fully saturated rings. The second kappa shape index (κ2) is 6.22. The molecule has 0 radical (unpaired) electrons. The molecule has 6 heteroatoms. The van der Waals surface area contributed by atoms with Crippen molar-refractivity contribution in [1.82, 2.24) is 4.90 Å². The summed E-state index contributed by atoms with van der Waals surface area (Å²) >= 11 is 0. The lowest BCUT2D eigenvalue weighted by Gasteiger charge is -2.35. The zero-order valence-electron chi connectivity index (χ0n) is 10.6. The molecule has 1 aliphatic heterocycles. The van der Waals surface area contributed by atoms with E-state index in [1.54, 1.807) is 11.8 Å². The van der Waals surface area contributed by atoms with E-state index in [9.17, 15) is 4.79 Å². The Bertz CT molecular complexity index is 406. The zero-order valence-corrected chi connectivity index (χ0v) is 11.4. The number of rotatable bonds is 2. The van der Waals surface area contributed by atoms with Gasteiger partial charge in [0.1, 0.15) is 17.6 Å². The lowest BCUT2D eigenvalue weighted by Crippen LogP contribution is -2.49. The van der Waals surface area contributed by atoms with Crippen LogP contribution in [-0.4, -0.2) is 36.6 Å². The van der Waals surface area contributed by atoms with E-state index in [4.69, 9.17) is 14.9 Å². The highest BCUT2D eigenvalue weighted by Crippen LogP contribution is 2.26. The fourth-order valence-electron chi connectivity index (χ4n) is 2.00. The SMILES string of the molecule is Cc1ccc(C2COCCN2C(=O)C(C)N)o1.Cl. The first kappa shape index (κ1) is 15.0. The first-order valence-corrected chi connectivity index (χ1v) is 5.79. The van der Waals surface area contributed by atoms with Gasteiger partial charge in [-0.15, -0.1) is 12.4 Å². The van der Waals surface area contributed by atoms with E-state index in [0.717, 1.165) is 11.5 Å². The largest absolute Gasteiger partial charge is 0.464 e. The number of aryl methyl sites for hydroxylation is 1. The van der Waals surface area contributed by atoms with E-state index in [1.807, 2.05) is 19.1 Å². The van der Waals surface area contributed by atoms with Crippen molar-refractivity contribution in [3.05, 3.63) is 23.7 Å². The molecule has 2 atom stereocenters. The van der Waals surface area contributed by atoms with E-state index in [2.05, 4.69) is 0 Å². The van der Waals surface area contributed by atoms with Gasteiger partial charge in [-0.25, -0.2) is 0 Å². The Hall–Kier alpha value is -1.04. The summed E-state index contributed by atoms with van der Waals surface area (Å²) in [6.45, 7) is 5.15. The van der Waals surface area contributed by atoms with Crippen LogP contribution in [0.15, 0.2) is 16.5 Å². The summed E-state index contributed by atoms with van der Waals surface area (Å²) in [5.74, 6) is 1.53. The summed E-state index contributed by atoms with van der Waals surface area (Å²) in [5, 5.41) is 0. The molecule has 18 heavy (non-hydrogen) atoms. The van der Waals surface area contributed by atoms with Gasteiger partial charge in [0.05, 0.1) is 19.3 Å². The molecule has 1 aromatic heterocycles. The number of furan rings is 1. The van der Waals surface area contributed by atoms with Gasteiger partial charge in [0.25, 0.3) is 0 Å². The highest BCUT2D eigenvalue weighted by molar-refractivity contribution is 5.85. The Kier molecular flexibility index (Phi) is 5.19. The van der Waals surface area contributed by atoms with Crippen LogP contribution in [0.1, 0.15) is 24.5 Å². The van der Waals surface area contributed by atoms with Crippen LogP contribution >= 0.6 is 12.4 Å². The van der Waals surface area contributed by atoms with Crippen molar-refractivity contribution in [2.75, 3.05) is 19.8 Å². The van der Waals surface area contributed by atoms with E-state index < -0.39 is 6.04 Å². The molecule has 0 aliphatic carbocycles. The van der Waals surface area contributed by atoms with Gasteiger partial charge in [0.2, 0.25) is 5.91 Å². The third-order valence-electron chi connectivity index (χ3n) is 2.89. The van der Waals surface area contributed by atoms with E-state index in [1.165, 1.54) is 0 Å². The second-order valence-corrected chi connectivity index (χ2v) is 4.36. The Morgan fingerprint density at radius 1 is 1.56 bits per heavy atom. The summed E-state index contributed by atoms with van der Waals surface area (Å²) in [5.41, 5.74) is 5.65. The highest BCUT2D eigenvalue weighted by Gasteiger charge is 2.31. The van der Waals surface area contributed by atoms with Crippen LogP contribution in [0.25, 0.3) is 0 Å². The van der Waals surface area contributed by atoms with Crippen molar-refractivity contribution in [2.45, 2.75) is 25.9 Å². The molecule has 2 N–H and O–H groups in total. The molecule has 1 amide bonds. The van der Waals surface area contributed by atoms with Crippen molar-refractivity contribution in [1.29, 1.82) is 0 Å². The van der Waals surface area contributed by atoms with Crippen LogP contribution in [0.4, 0.5) is 0 Å². The van der Waals surface area contributed by atoms with Crippen molar-refractivity contribution >= 4 is 18.3 Å². The molecule has 102 valence electrons. The molecule has 2 unspecified atom stereocenters. The zero-order chi connectivity index (χ0) is 12.4. The maximum Gasteiger partial charge on any atom is 0.239 e. The first-order chi connectivity index (χ1) is 8.09. The van der Waals surface area contributed by atoms with Gasteiger partial charge in [-0.1, -0.05) is 0 Å². The Morgan fingerprint density at radius 3 is 2.83 bits per heavy atom. The predicted octanol–water partition coefficient (Wildman–Crippen LogP) is 1.26. The lowest BCUT2D eigenvalue weighted by molar-refractivity contribution is -0.142. The first-order valence-electron chi connectivity index (χ1n) is 5.79. The van der Waals surface area contributed by atoms with Crippen LogP contribution in [0.3, 0.4) is 0 Å². The lowest BCUT2D eigenvalue weighted by atomic mass is 10.1. The molecule has 1 saturated heterocycles. The summed E-state index contributed by atoms with van der Waals surface area (Å²) in [7, 11) is 0. The van der Waals surface area contributed by atoms with Gasteiger partial charge in [0.15, 0.2) is 0 Å². The van der Waals surface area contributed by atoms with Crippen molar-refractivity contribution < 1.29 is 13.9 Å². The van der Waals surface area contributed by atoms with Crippen LogP contribution < -0.4 is 5.73 Å². The normalized spacial score (nSPS) is 21.3. The molecule has 1 aliphatic rings.